The second kappa shape index (κ2) is 5.45. The highest BCUT2D eigenvalue weighted by Crippen LogP contribution is 2.03. The SMILES string of the molecule is O=C(N[C@H]1COCC1=O)OCc1ccccc1. The van der Waals surface area contributed by atoms with E-state index in [0.717, 1.165) is 5.56 Å². The summed E-state index contributed by atoms with van der Waals surface area (Å²) in [6.45, 7) is 0.470. The number of benzene rings is 1. The van der Waals surface area contributed by atoms with E-state index in [4.69, 9.17) is 9.47 Å². The molecule has 0 spiro atoms. The van der Waals surface area contributed by atoms with E-state index in [1.165, 1.54) is 0 Å². The van der Waals surface area contributed by atoms with Crippen LogP contribution in [0.4, 0.5) is 4.79 Å². The summed E-state index contributed by atoms with van der Waals surface area (Å²) in [5.41, 5.74) is 0.900. The number of Topliss-reactive ketones (excluding diaryl/α,β-unsaturated/α-hetero) is 1. The fourth-order valence-corrected chi connectivity index (χ4v) is 1.50. The lowest BCUT2D eigenvalue weighted by Crippen LogP contribution is -2.40. The van der Waals surface area contributed by atoms with E-state index in [1.54, 1.807) is 0 Å². The summed E-state index contributed by atoms with van der Waals surface area (Å²) in [5, 5.41) is 2.46. The highest BCUT2D eigenvalue weighted by molar-refractivity contribution is 5.89. The lowest BCUT2D eigenvalue weighted by Gasteiger charge is -2.10. The van der Waals surface area contributed by atoms with E-state index >= 15 is 0 Å². The molecule has 1 saturated heterocycles. The van der Waals surface area contributed by atoms with E-state index in [1.807, 2.05) is 30.3 Å². The lowest BCUT2D eigenvalue weighted by molar-refractivity contribution is -0.119. The minimum atomic E-state index is -0.599. The van der Waals surface area contributed by atoms with E-state index in [9.17, 15) is 9.59 Å². The molecule has 0 radical (unpaired) electrons. The van der Waals surface area contributed by atoms with Gasteiger partial charge in [0.05, 0.1) is 6.61 Å². The van der Waals surface area contributed by atoms with Crippen LogP contribution in [-0.2, 0) is 20.9 Å². The van der Waals surface area contributed by atoms with Crippen molar-refractivity contribution in [3.8, 4) is 0 Å². The molecule has 1 amide bonds. The molecule has 0 saturated carbocycles. The molecule has 1 aromatic carbocycles. The first-order chi connectivity index (χ1) is 8.25. The van der Waals surface area contributed by atoms with Crippen LogP contribution >= 0.6 is 0 Å². The Hall–Kier alpha value is -1.88. The van der Waals surface area contributed by atoms with Gasteiger partial charge in [-0.2, -0.15) is 0 Å². The summed E-state index contributed by atoms with van der Waals surface area (Å²) in [4.78, 5) is 22.6. The molecule has 5 heteroatoms. The predicted octanol–water partition coefficient (Wildman–Crippen LogP) is 0.881. The van der Waals surface area contributed by atoms with E-state index in [-0.39, 0.29) is 25.6 Å². The Morgan fingerprint density at radius 1 is 1.41 bits per heavy atom. The number of carbonyl (C=O) groups is 2. The van der Waals surface area contributed by atoms with Crippen LogP contribution in [0.3, 0.4) is 0 Å². The Balaban J connectivity index is 1.76. The Bertz CT molecular complexity index is 404. The third-order valence-electron chi connectivity index (χ3n) is 2.42. The maximum absolute atomic E-state index is 11.4. The molecule has 1 fully saturated rings. The van der Waals surface area contributed by atoms with Crippen molar-refractivity contribution >= 4 is 11.9 Å². The third kappa shape index (κ3) is 3.29. The molecule has 90 valence electrons. The fourth-order valence-electron chi connectivity index (χ4n) is 1.50. The van der Waals surface area contributed by atoms with Crippen molar-refractivity contribution in [3.05, 3.63) is 35.9 Å². The van der Waals surface area contributed by atoms with Crippen molar-refractivity contribution in [2.24, 2.45) is 0 Å². The van der Waals surface area contributed by atoms with Gasteiger partial charge in [-0.05, 0) is 5.56 Å². The van der Waals surface area contributed by atoms with Gasteiger partial charge in [-0.25, -0.2) is 4.79 Å². The van der Waals surface area contributed by atoms with Crippen LogP contribution in [-0.4, -0.2) is 31.1 Å². The molecule has 0 unspecified atom stereocenters. The number of ketones is 1. The van der Waals surface area contributed by atoms with Gasteiger partial charge in [0.15, 0.2) is 5.78 Å². The van der Waals surface area contributed by atoms with Gasteiger partial charge in [0, 0.05) is 0 Å². The van der Waals surface area contributed by atoms with Crippen LogP contribution in [0.2, 0.25) is 0 Å². The quantitative estimate of drug-likeness (QED) is 0.844. The second-order valence-electron chi connectivity index (χ2n) is 3.74. The minimum absolute atomic E-state index is 0.0592. The van der Waals surface area contributed by atoms with Gasteiger partial charge in [0.2, 0.25) is 0 Å². The lowest BCUT2D eigenvalue weighted by atomic mass is 10.2. The van der Waals surface area contributed by atoms with Crippen LogP contribution in [0.1, 0.15) is 5.56 Å². The summed E-state index contributed by atoms with van der Waals surface area (Å²) in [5.74, 6) is -0.123. The van der Waals surface area contributed by atoms with Gasteiger partial charge in [-0.1, -0.05) is 30.3 Å². The van der Waals surface area contributed by atoms with Gasteiger partial charge in [-0.15, -0.1) is 0 Å². The maximum Gasteiger partial charge on any atom is 0.408 e. The molecule has 2 rings (SSSR count). The Morgan fingerprint density at radius 3 is 2.82 bits per heavy atom. The first-order valence-electron chi connectivity index (χ1n) is 5.33. The summed E-state index contributed by atoms with van der Waals surface area (Å²) >= 11 is 0. The molecule has 1 heterocycles. The summed E-state index contributed by atoms with van der Waals surface area (Å²) in [6, 6.07) is 8.76. The number of ether oxygens (including phenoxy) is 2. The minimum Gasteiger partial charge on any atom is -0.445 e. The Morgan fingerprint density at radius 2 is 2.18 bits per heavy atom. The summed E-state index contributed by atoms with van der Waals surface area (Å²) in [7, 11) is 0. The highest BCUT2D eigenvalue weighted by atomic mass is 16.5. The normalized spacial score (nSPS) is 19.1. The average molecular weight is 235 g/mol. The van der Waals surface area contributed by atoms with E-state index < -0.39 is 12.1 Å². The second-order valence-corrected chi connectivity index (χ2v) is 3.74. The van der Waals surface area contributed by atoms with Gasteiger partial charge in [-0.3, -0.25) is 4.79 Å². The molecule has 0 aromatic heterocycles. The smallest absolute Gasteiger partial charge is 0.408 e. The third-order valence-corrected chi connectivity index (χ3v) is 2.42. The number of nitrogens with one attached hydrogen (secondary N) is 1. The summed E-state index contributed by atoms with van der Waals surface area (Å²) < 4.78 is 9.89. The van der Waals surface area contributed by atoms with E-state index in [2.05, 4.69) is 5.32 Å². The highest BCUT2D eigenvalue weighted by Gasteiger charge is 2.27. The zero-order chi connectivity index (χ0) is 12.1. The van der Waals surface area contributed by atoms with Crippen LogP contribution in [0.5, 0.6) is 0 Å². The van der Waals surface area contributed by atoms with Crippen LogP contribution in [0, 0.1) is 0 Å². The Labute approximate surface area is 98.7 Å². The van der Waals surface area contributed by atoms with Gasteiger partial charge < -0.3 is 14.8 Å². The van der Waals surface area contributed by atoms with Crippen LogP contribution in [0.25, 0.3) is 0 Å². The first kappa shape index (κ1) is 11.6. The molecule has 1 aromatic rings. The number of hydrogen-bond donors (Lipinski definition) is 1. The molecule has 1 aliphatic heterocycles. The number of rotatable bonds is 3. The fraction of sp³-hybridized carbons (Fsp3) is 0.333. The molecule has 5 nitrogen and oxygen atoms in total. The molecule has 1 aliphatic rings. The largest absolute Gasteiger partial charge is 0.445 e. The molecule has 17 heavy (non-hydrogen) atoms. The molecule has 0 bridgehead atoms. The zero-order valence-electron chi connectivity index (χ0n) is 9.22. The topological polar surface area (TPSA) is 64.6 Å². The van der Waals surface area contributed by atoms with Crippen molar-refractivity contribution in [2.45, 2.75) is 12.6 Å². The van der Waals surface area contributed by atoms with Crippen molar-refractivity contribution in [1.29, 1.82) is 0 Å². The van der Waals surface area contributed by atoms with Crippen molar-refractivity contribution in [1.82, 2.24) is 5.32 Å². The Kier molecular flexibility index (Phi) is 3.72. The predicted molar refractivity (Wildman–Crippen MR) is 59.4 cm³/mol. The average Bonchev–Trinajstić information content (AvgIpc) is 2.74. The van der Waals surface area contributed by atoms with E-state index in [0.29, 0.717) is 0 Å². The number of amides is 1. The molecular formula is C12H13NO4. The number of carbonyl (C=O) groups excluding carboxylic acids is 2. The zero-order valence-corrected chi connectivity index (χ0v) is 9.22. The standard InChI is InChI=1S/C12H13NO4/c14-11-8-16-7-10(11)13-12(15)17-6-9-4-2-1-3-5-9/h1-5,10H,6-8H2,(H,13,15)/t10-/m0/s1. The molecule has 1 atom stereocenters. The van der Waals surface area contributed by atoms with Crippen LogP contribution in [0.15, 0.2) is 30.3 Å². The monoisotopic (exact) mass is 235 g/mol. The van der Waals surface area contributed by atoms with Crippen LogP contribution < -0.4 is 5.32 Å². The van der Waals surface area contributed by atoms with Gasteiger partial charge >= 0.3 is 6.09 Å². The number of alkyl carbamates (subject to hydrolysis) is 1. The first-order valence-corrected chi connectivity index (χ1v) is 5.33. The molecular weight excluding hydrogens is 222 g/mol. The molecule has 1 N–H and O–H groups in total. The molecule has 0 aliphatic carbocycles. The van der Waals surface area contributed by atoms with Crippen molar-refractivity contribution in [2.75, 3.05) is 13.2 Å². The van der Waals surface area contributed by atoms with Gasteiger partial charge in [0.25, 0.3) is 0 Å². The summed E-state index contributed by atoms with van der Waals surface area (Å²) in [6.07, 6.45) is -0.599. The van der Waals surface area contributed by atoms with Crippen molar-refractivity contribution < 1.29 is 19.1 Å². The van der Waals surface area contributed by atoms with Crippen molar-refractivity contribution in [3.63, 3.8) is 0 Å². The van der Waals surface area contributed by atoms with Gasteiger partial charge in [0.1, 0.15) is 19.3 Å². The number of hydrogen-bond acceptors (Lipinski definition) is 4. The maximum atomic E-state index is 11.4.